The van der Waals surface area contributed by atoms with Gasteiger partial charge in [-0.05, 0) is 88.4 Å². The number of carbonyl (C=O) groups is 2. The Bertz CT molecular complexity index is 950. The van der Waals surface area contributed by atoms with Gasteiger partial charge in [0.05, 0.1) is 11.6 Å². The van der Waals surface area contributed by atoms with E-state index in [1.165, 1.54) is 44.2 Å². The molecule has 0 unspecified atom stereocenters. The molecular formula is C31H49FN4O3. The minimum Gasteiger partial charge on any atom is -0.390 e. The zero-order valence-electron chi connectivity index (χ0n) is 24.2. The molecule has 2 heterocycles. The van der Waals surface area contributed by atoms with Crippen LogP contribution in [0.2, 0.25) is 0 Å². The van der Waals surface area contributed by atoms with Crippen molar-refractivity contribution in [2.24, 2.45) is 11.3 Å². The molecule has 2 amide bonds. The van der Waals surface area contributed by atoms with E-state index in [1.54, 1.807) is 12.1 Å². The van der Waals surface area contributed by atoms with Gasteiger partial charge in [0.15, 0.2) is 0 Å². The predicted octanol–water partition coefficient (Wildman–Crippen LogP) is 3.50. The Hall–Kier alpha value is -2.03. The monoisotopic (exact) mass is 544 g/mol. The normalized spacial score (nSPS) is 23.8. The van der Waals surface area contributed by atoms with Crippen LogP contribution in [0.3, 0.4) is 0 Å². The van der Waals surface area contributed by atoms with E-state index < -0.39 is 11.6 Å². The summed E-state index contributed by atoms with van der Waals surface area (Å²) in [5.74, 6) is 0.105. The number of likely N-dealkylation sites (tertiary alicyclic amines) is 1. The standard InChI is InChI=1S/C31H49FN4O3/c1-30(2,39)13-14-31(24-7-5-4-6-8-24)15-18-36(19-16-31)29(38)26(21-23-9-11-25(32)12-10-23)34-28(37)27-22-35(3)20-17-33-27/h9-12,24,26-27,33,39H,4-8,13-22H2,1-3H3,(H,34,37)/t26-,27-/m1/s1. The molecule has 1 aromatic carbocycles. The number of rotatable bonds is 9. The molecule has 1 aliphatic carbocycles. The molecule has 7 nitrogen and oxygen atoms in total. The van der Waals surface area contributed by atoms with Crippen molar-refractivity contribution in [2.45, 2.75) is 95.7 Å². The smallest absolute Gasteiger partial charge is 0.245 e. The van der Waals surface area contributed by atoms with Crippen molar-refractivity contribution in [3.05, 3.63) is 35.6 Å². The van der Waals surface area contributed by atoms with Crippen LogP contribution in [0, 0.1) is 17.2 Å². The van der Waals surface area contributed by atoms with Gasteiger partial charge in [0.1, 0.15) is 11.9 Å². The first kappa shape index (κ1) is 29.9. The summed E-state index contributed by atoms with van der Waals surface area (Å²) in [6.45, 7) is 7.32. The number of hydrogen-bond donors (Lipinski definition) is 3. The van der Waals surface area contributed by atoms with E-state index in [0.29, 0.717) is 32.0 Å². The number of aliphatic hydroxyl groups is 1. The molecule has 2 aliphatic heterocycles. The third-order valence-corrected chi connectivity index (χ3v) is 9.44. The van der Waals surface area contributed by atoms with Gasteiger partial charge in [0.25, 0.3) is 0 Å². The van der Waals surface area contributed by atoms with Crippen LogP contribution in [0.5, 0.6) is 0 Å². The maximum Gasteiger partial charge on any atom is 0.245 e. The first-order chi connectivity index (χ1) is 18.5. The SMILES string of the molecule is CN1CCN[C@@H](C(=O)N[C@H](Cc2ccc(F)cc2)C(=O)N2CCC(CCC(C)(C)O)(C3CCCCC3)CC2)C1. The summed E-state index contributed by atoms with van der Waals surface area (Å²) >= 11 is 0. The fraction of sp³-hybridized carbons (Fsp3) is 0.742. The van der Waals surface area contributed by atoms with Crippen LogP contribution in [0.4, 0.5) is 4.39 Å². The quantitative estimate of drug-likeness (QED) is 0.443. The molecule has 0 radical (unpaired) electrons. The van der Waals surface area contributed by atoms with E-state index in [-0.39, 0.29) is 29.1 Å². The lowest BCUT2D eigenvalue weighted by Crippen LogP contribution is -2.60. The van der Waals surface area contributed by atoms with Gasteiger partial charge < -0.3 is 25.5 Å². The Morgan fingerprint density at radius 3 is 2.41 bits per heavy atom. The van der Waals surface area contributed by atoms with Gasteiger partial charge in [-0.25, -0.2) is 4.39 Å². The third-order valence-electron chi connectivity index (χ3n) is 9.44. The van der Waals surface area contributed by atoms with Crippen LogP contribution in [0.1, 0.15) is 77.2 Å². The van der Waals surface area contributed by atoms with Crippen molar-refractivity contribution < 1.29 is 19.1 Å². The summed E-state index contributed by atoms with van der Waals surface area (Å²) in [7, 11) is 1.99. The number of nitrogens with zero attached hydrogens (tertiary/aromatic N) is 2. The molecule has 39 heavy (non-hydrogen) atoms. The second-order valence-corrected chi connectivity index (χ2v) is 13.0. The molecule has 0 spiro atoms. The molecule has 3 N–H and O–H groups in total. The summed E-state index contributed by atoms with van der Waals surface area (Å²) in [4.78, 5) is 31.2. The number of likely N-dealkylation sites (N-methyl/N-ethyl adjacent to an activating group) is 1. The van der Waals surface area contributed by atoms with Crippen molar-refractivity contribution in [3.8, 4) is 0 Å². The molecule has 0 aromatic heterocycles. The Kier molecular flexibility index (Phi) is 10.0. The van der Waals surface area contributed by atoms with Gasteiger partial charge >= 0.3 is 0 Å². The number of halogens is 1. The second kappa shape index (κ2) is 13.1. The molecule has 2 saturated heterocycles. The number of amides is 2. The summed E-state index contributed by atoms with van der Waals surface area (Å²) in [5.41, 5.74) is 0.284. The minimum absolute atomic E-state index is 0.0587. The summed E-state index contributed by atoms with van der Waals surface area (Å²) < 4.78 is 13.6. The van der Waals surface area contributed by atoms with Gasteiger partial charge in [-0.1, -0.05) is 31.4 Å². The van der Waals surface area contributed by atoms with Gasteiger partial charge in [0.2, 0.25) is 11.8 Å². The third kappa shape index (κ3) is 8.24. The van der Waals surface area contributed by atoms with Gasteiger partial charge in [-0.15, -0.1) is 0 Å². The molecule has 1 saturated carbocycles. The first-order valence-corrected chi connectivity index (χ1v) is 15.0. The number of piperidine rings is 1. The number of piperazine rings is 1. The lowest BCUT2D eigenvalue weighted by atomic mass is 9.61. The van der Waals surface area contributed by atoms with E-state index in [4.69, 9.17) is 0 Å². The average molecular weight is 545 g/mol. The van der Waals surface area contributed by atoms with Crippen molar-refractivity contribution >= 4 is 11.8 Å². The van der Waals surface area contributed by atoms with Crippen LogP contribution < -0.4 is 10.6 Å². The fourth-order valence-electron chi connectivity index (χ4n) is 6.93. The lowest BCUT2D eigenvalue weighted by Gasteiger charge is -2.49. The van der Waals surface area contributed by atoms with Gasteiger partial charge in [-0.3, -0.25) is 9.59 Å². The number of benzene rings is 1. The average Bonchev–Trinajstić information content (AvgIpc) is 2.92. The van der Waals surface area contributed by atoms with Crippen molar-refractivity contribution in [1.82, 2.24) is 20.4 Å². The van der Waals surface area contributed by atoms with Gasteiger partial charge in [-0.2, -0.15) is 0 Å². The highest BCUT2D eigenvalue weighted by atomic mass is 19.1. The van der Waals surface area contributed by atoms with Crippen LogP contribution in [0.25, 0.3) is 0 Å². The molecule has 8 heteroatoms. The topological polar surface area (TPSA) is 84.9 Å². The molecule has 3 fully saturated rings. The molecule has 218 valence electrons. The van der Waals surface area contributed by atoms with E-state index in [2.05, 4.69) is 15.5 Å². The van der Waals surface area contributed by atoms with Crippen molar-refractivity contribution in [1.29, 1.82) is 0 Å². The maximum atomic E-state index is 13.9. The first-order valence-electron chi connectivity index (χ1n) is 15.0. The minimum atomic E-state index is -0.699. The molecule has 2 atom stereocenters. The number of carbonyl (C=O) groups excluding carboxylic acids is 2. The van der Waals surface area contributed by atoms with Crippen LogP contribution in [0.15, 0.2) is 24.3 Å². The van der Waals surface area contributed by atoms with Crippen LogP contribution in [-0.4, -0.2) is 84.2 Å². The number of nitrogens with one attached hydrogen (secondary N) is 2. The summed E-state index contributed by atoms with van der Waals surface area (Å²) in [6.07, 6.45) is 10.3. The maximum absolute atomic E-state index is 13.9. The predicted molar refractivity (Wildman–Crippen MR) is 152 cm³/mol. The molecule has 4 rings (SSSR count). The van der Waals surface area contributed by atoms with E-state index in [0.717, 1.165) is 44.3 Å². The van der Waals surface area contributed by atoms with E-state index in [9.17, 15) is 19.1 Å². The Morgan fingerprint density at radius 2 is 1.79 bits per heavy atom. The zero-order valence-corrected chi connectivity index (χ0v) is 24.2. The highest BCUT2D eigenvalue weighted by Crippen LogP contribution is 2.49. The summed E-state index contributed by atoms with van der Waals surface area (Å²) in [6, 6.07) is 5.12. The van der Waals surface area contributed by atoms with Gasteiger partial charge in [0, 0.05) is 39.1 Å². The Labute approximate surface area is 233 Å². The van der Waals surface area contributed by atoms with E-state index in [1.807, 2.05) is 25.8 Å². The molecule has 0 bridgehead atoms. The van der Waals surface area contributed by atoms with Crippen molar-refractivity contribution in [3.63, 3.8) is 0 Å². The lowest BCUT2D eigenvalue weighted by molar-refractivity contribution is -0.140. The number of hydrogen-bond acceptors (Lipinski definition) is 5. The molecule has 3 aliphatic rings. The second-order valence-electron chi connectivity index (χ2n) is 13.0. The summed E-state index contributed by atoms with van der Waals surface area (Å²) in [5, 5.41) is 16.8. The molecule has 1 aromatic rings. The zero-order chi connectivity index (χ0) is 28.0. The molecular weight excluding hydrogens is 495 g/mol. The Balaban J connectivity index is 1.46. The Morgan fingerprint density at radius 1 is 1.13 bits per heavy atom. The van der Waals surface area contributed by atoms with E-state index >= 15 is 0 Å². The highest BCUT2D eigenvalue weighted by Gasteiger charge is 2.43. The largest absolute Gasteiger partial charge is 0.390 e. The van der Waals surface area contributed by atoms with Crippen molar-refractivity contribution in [2.75, 3.05) is 39.8 Å². The van der Waals surface area contributed by atoms with Crippen LogP contribution in [-0.2, 0) is 16.0 Å². The highest BCUT2D eigenvalue weighted by molar-refractivity contribution is 5.90. The van der Waals surface area contributed by atoms with Crippen LogP contribution >= 0.6 is 0 Å². The fourth-order valence-corrected chi connectivity index (χ4v) is 6.93.